The van der Waals surface area contributed by atoms with Gasteiger partial charge in [-0.15, -0.1) is 0 Å². The number of primary sulfonamides is 1. The van der Waals surface area contributed by atoms with E-state index in [4.69, 9.17) is 5.14 Å². The Hall–Kier alpha value is -1.08. The van der Waals surface area contributed by atoms with Crippen molar-refractivity contribution in [2.24, 2.45) is 5.14 Å². The lowest BCUT2D eigenvalue weighted by atomic mass is 10.3. The Morgan fingerprint density at radius 1 is 1.46 bits per heavy atom. The molecule has 1 rings (SSSR count). The Morgan fingerprint density at radius 2 is 2.08 bits per heavy atom. The van der Waals surface area contributed by atoms with Gasteiger partial charge >= 0.3 is 0 Å². The maximum atomic E-state index is 12.2. The molecule has 1 aromatic rings. The van der Waals surface area contributed by atoms with Crippen molar-refractivity contribution in [2.45, 2.75) is 11.3 Å². The number of hydrogen-bond acceptors (Lipinski definition) is 3. The molecule has 2 N–H and O–H groups in total. The van der Waals surface area contributed by atoms with E-state index in [9.17, 15) is 17.2 Å². The Morgan fingerprint density at radius 3 is 2.46 bits per heavy atom. The number of nitrogens with zero attached hydrogens (tertiary/aromatic N) is 1. The molecule has 0 unspecified atom stereocenters. The van der Waals surface area contributed by atoms with Crippen LogP contribution in [0.3, 0.4) is 0 Å². The molecule has 1 aromatic heterocycles. The monoisotopic (exact) mass is 208 g/mol. The molecule has 0 radical (unpaired) electrons. The van der Waals surface area contributed by atoms with E-state index in [-0.39, 0.29) is 0 Å². The average Bonchev–Trinajstić information content (AvgIpc) is 2.03. The van der Waals surface area contributed by atoms with Gasteiger partial charge in [0.2, 0.25) is 10.0 Å². The van der Waals surface area contributed by atoms with Gasteiger partial charge in [0.05, 0.1) is 0 Å². The van der Waals surface area contributed by atoms with Crippen molar-refractivity contribution in [1.29, 1.82) is 0 Å². The van der Waals surface area contributed by atoms with Gasteiger partial charge in [-0.1, -0.05) is 0 Å². The molecule has 0 bridgehead atoms. The first-order valence-electron chi connectivity index (χ1n) is 3.18. The Bertz CT molecular complexity index is 405. The summed E-state index contributed by atoms with van der Waals surface area (Å²) in [4.78, 5) is 2.77. The summed E-state index contributed by atoms with van der Waals surface area (Å²) in [6.45, 7) is 0. The van der Waals surface area contributed by atoms with Crippen molar-refractivity contribution in [3.63, 3.8) is 0 Å². The molecule has 0 aliphatic rings. The van der Waals surface area contributed by atoms with Gasteiger partial charge in [-0.3, -0.25) is 4.98 Å². The number of pyridine rings is 1. The lowest BCUT2D eigenvalue weighted by molar-refractivity contribution is 0.147. The van der Waals surface area contributed by atoms with Crippen molar-refractivity contribution in [1.82, 2.24) is 4.98 Å². The quantitative estimate of drug-likeness (QED) is 0.776. The van der Waals surface area contributed by atoms with Crippen LogP contribution in [0.2, 0.25) is 0 Å². The van der Waals surface area contributed by atoms with Crippen molar-refractivity contribution < 1.29 is 17.2 Å². The number of hydrogen-bond donors (Lipinski definition) is 1. The first-order chi connectivity index (χ1) is 5.93. The molecule has 0 aliphatic heterocycles. The Kier molecular flexibility index (Phi) is 2.58. The summed E-state index contributed by atoms with van der Waals surface area (Å²) in [5.74, 6) is 0. The minimum Gasteiger partial charge on any atom is -0.263 e. The Labute approximate surface area is 73.4 Å². The average molecular weight is 208 g/mol. The van der Waals surface area contributed by atoms with E-state index in [2.05, 4.69) is 4.98 Å². The van der Waals surface area contributed by atoms with Gasteiger partial charge in [0, 0.05) is 18.0 Å². The normalized spacial score (nSPS) is 12.0. The molecule has 0 atom stereocenters. The standard InChI is InChI=1S/C6H6F2N2O2S/c7-6(8)4-1-2-10-3-5(4)13(9,11)12/h1-3,6H,(H2,9,11,12). The number of sulfonamides is 1. The van der Waals surface area contributed by atoms with Crippen molar-refractivity contribution in [3.8, 4) is 0 Å². The molecule has 0 fully saturated rings. The maximum Gasteiger partial charge on any atom is 0.265 e. The van der Waals surface area contributed by atoms with Crippen LogP contribution < -0.4 is 5.14 Å². The van der Waals surface area contributed by atoms with Gasteiger partial charge in [-0.25, -0.2) is 22.3 Å². The summed E-state index contributed by atoms with van der Waals surface area (Å²) in [5.41, 5.74) is -0.627. The second-order valence-electron chi connectivity index (χ2n) is 2.26. The Balaban J connectivity index is 3.37. The van der Waals surface area contributed by atoms with Crippen LogP contribution in [-0.2, 0) is 10.0 Å². The fourth-order valence-electron chi connectivity index (χ4n) is 0.809. The van der Waals surface area contributed by atoms with E-state index < -0.39 is 26.9 Å². The van der Waals surface area contributed by atoms with E-state index in [0.717, 1.165) is 18.5 Å². The van der Waals surface area contributed by atoms with Crippen molar-refractivity contribution in [3.05, 3.63) is 24.0 Å². The molecule has 0 amide bonds. The number of nitrogens with two attached hydrogens (primary N) is 1. The van der Waals surface area contributed by atoms with Crippen molar-refractivity contribution in [2.75, 3.05) is 0 Å². The van der Waals surface area contributed by atoms with Crippen LogP contribution in [0, 0.1) is 0 Å². The molecular formula is C6H6F2N2O2S. The summed E-state index contributed by atoms with van der Waals surface area (Å²) in [6, 6.07) is 0.921. The molecule has 0 spiro atoms. The zero-order chi connectivity index (χ0) is 10.1. The first kappa shape index (κ1) is 10.0. The smallest absolute Gasteiger partial charge is 0.263 e. The molecule has 0 saturated heterocycles. The van der Waals surface area contributed by atoms with Crippen LogP contribution in [0.25, 0.3) is 0 Å². The zero-order valence-electron chi connectivity index (χ0n) is 6.31. The summed E-state index contributed by atoms with van der Waals surface area (Å²) in [7, 11) is -4.12. The third-order valence-corrected chi connectivity index (χ3v) is 2.31. The highest BCUT2D eigenvalue weighted by Crippen LogP contribution is 2.24. The molecule has 7 heteroatoms. The largest absolute Gasteiger partial charge is 0.265 e. The minimum atomic E-state index is -4.12. The van der Waals surface area contributed by atoms with E-state index in [1.54, 1.807) is 0 Å². The molecular weight excluding hydrogens is 202 g/mol. The molecule has 0 aromatic carbocycles. The minimum absolute atomic E-state index is 0.627. The van der Waals surface area contributed by atoms with Gasteiger partial charge in [0.25, 0.3) is 6.43 Å². The molecule has 1 heterocycles. The third kappa shape index (κ3) is 2.19. The second kappa shape index (κ2) is 3.35. The molecule has 4 nitrogen and oxygen atoms in total. The number of aromatic nitrogens is 1. The topological polar surface area (TPSA) is 73.1 Å². The van der Waals surface area contributed by atoms with Gasteiger partial charge in [0.15, 0.2) is 0 Å². The molecule has 0 saturated carbocycles. The highest BCUT2D eigenvalue weighted by Gasteiger charge is 2.19. The van der Waals surface area contributed by atoms with E-state index >= 15 is 0 Å². The summed E-state index contributed by atoms with van der Waals surface area (Å²) >= 11 is 0. The van der Waals surface area contributed by atoms with Crippen molar-refractivity contribution >= 4 is 10.0 Å². The summed E-state index contributed by atoms with van der Waals surface area (Å²) in [6.07, 6.45) is -0.996. The molecule has 72 valence electrons. The van der Waals surface area contributed by atoms with Crippen LogP contribution >= 0.6 is 0 Å². The zero-order valence-corrected chi connectivity index (χ0v) is 7.13. The third-order valence-electron chi connectivity index (χ3n) is 1.36. The van der Waals surface area contributed by atoms with Gasteiger partial charge in [-0.2, -0.15) is 0 Å². The van der Waals surface area contributed by atoms with Gasteiger partial charge in [0.1, 0.15) is 4.90 Å². The van der Waals surface area contributed by atoms with Gasteiger partial charge in [-0.05, 0) is 6.07 Å². The van der Waals surface area contributed by atoms with Crippen LogP contribution in [0.5, 0.6) is 0 Å². The van der Waals surface area contributed by atoms with Crippen LogP contribution in [0.15, 0.2) is 23.4 Å². The van der Waals surface area contributed by atoms with Crippen LogP contribution in [-0.4, -0.2) is 13.4 Å². The van der Waals surface area contributed by atoms with E-state index in [1.165, 1.54) is 0 Å². The van der Waals surface area contributed by atoms with Gasteiger partial charge < -0.3 is 0 Å². The highest BCUT2D eigenvalue weighted by atomic mass is 32.2. The number of alkyl halides is 2. The summed E-state index contributed by atoms with van der Waals surface area (Å²) < 4.78 is 45.9. The molecule has 13 heavy (non-hydrogen) atoms. The van der Waals surface area contributed by atoms with E-state index in [0.29, 0.717) is 0 Å². The maximum absolute atomic E-state index is 12.2. The van der Waals surface area contributed by atoms with Crippen LogP contribution in [0.1, 0.15) is 12.0 Å². The second-order valence-corrected chi connectivity index (χ2v) is 3.79. The molecule has 0 aliphatic carbocycles. The first-order valence-corrected chi connectivity index (χ1v) is 4.72. The fourth-order valence-corrected chi connectivity index (χ4v) is 1.50. The summed E-state index contributed by atoms with van der Waals surface area (Å²) in [5, 5.41) is 4.69. The lowest BCUT2D eigenvalue weighted by Crippen LogP contribution is -2.15. The fraction of sp³-hybridized carbons (Fsp3) is 0.167. The SMILES string of the molecule is NS(=O)(=O)c1cnccc1C(F)F. The predicted octanol–water partition coefficient (Wildman–Crippen LogP) is 0.667. The highest BCUT2D eigenvalue weighted by molar-refractivity contribution is 7.89. The lowest BCUT2D eigenvalue weighted by Gasteiger charge is -2.04. The number of halogens is 2. The number of rotatable bonds is 2. The van der Waals surface area contributed by atoms with Crippen LogP contribution in [0.4, 0.5) is 8.78 Å². The van der Waals surface area contributed by atoms with E-state index in [1.807, 2.05) is 0 Å². The predicted molar refractivity (Wildman–Crippen MR) is 40.6 cm³/mol.